The van der Waals surface area contributed by atoms with E-state index in [1.54, 1.807) is 10.9 Å². The van der Waals surface area contributed by atoms with Gasteiger partial charge in [0.05, 0.1) is 17.3 Å². The van der Waals surface area contributed by atoms with Gasteiger partial charge in [-0.25, -0.2) is 14.6 Å². The second-order valence-electron chi connectivity index (χ2n) is 9.57. The SMILES string of the molecule is Cc1nc2c(Nc3ccn(-c4ccccn4)n3)cc(OC3CCC(NC[C@@H](O)C(F)(F)F)CC3)cc2n1C. The van der Waals surface area contributed by atoms with E-state index in [1.165, 1.54) is 0 Å². The molecule has 0 saturated heterocycles. The first-order chi connectivity index (χ1) is 18.2. The average Bonchev–Trinajstić information content (AvgIpc) is 3.48. The van der Waals surface area contributed by atoms with Gasteiger partial charge in [-0.1, -0.05) is 6.07 Å². The van der Waals surface area contributed by atoms with Crippen molar-refractivity contribution in [1.29, 1.82) is 0 Å². The van der Waals surface area contributed by atoms with Crippen molar-refractivity contribution in [3.8, 4) is 11.6 Å². The van der Waals surface area contributed by atoms with Crippen molar-refractivity contribution in [2.45, 2.75) is 57.0 Å². The van der Waals surface area contributed by atoms with Crippen LogP contribution in [0.3, 0.4) is 0 Å². The van der Waals surface area contributed by atoms with Gasteiger partial charge in [0.15, 0.2) is 17.7 Å². The lowest BCUT2D eigenvalue weighted by molar-refractivity contribution is -0.202. The molecule has 1 fully saturated rings. The smallest absolute Gasteiger partial charge is 0.415 e. The van der Waals surface area contributed by atoms with Crippen molar-refractivity contribution in [3.05, 3.63) is 54.6 Å². The summed E-state index contributed by atoms with van der Waals surface area (Å²) in [5.74, 6) is 2.86. The highest BCUT2D eigenvalue weighted by atomic mass is 19.4. The van der Waals surface area contributed by atoms with Crippen molar-refractivity contribution in [2.75, 3.05) is 11.9 Å². The van der Waals surface area contributed by atoms with E-state index in [-0.39, 0.29) is 12.1 Å². The monoisotopic (exact) mass is 529 g/mol. The van der Waals surface area contributed by atoms with Crippen LogP contribution in [0.2, 0.25) is 0 Å². The van der Waals surface area contributed by atoms with Crippen molar-refractivity contribution < 1.29 is 23.0 Å². The van der Waals surface area contributed by atoms with E-state index in [0.29, 0.717) is 43.1 Å². The van der Waals surface area contributed by atoms with Crippen LogP contribution in [-0.4, -0.2) is 60.4 Å². The summed E-state index contributed by atoms with van der Waals surface area (Å²) < 4.78 is 47.7. The zero-order valence-corrected chi connectivity index (χ0v) is 21.1. The third-order valence-corrected chi connectivity index (χ3v) is 6.87. The number of benzene rings is 1. The zero-order chi connectivity index (χ0) is 26.9. The fraction of sp³-hybridized carbons (Fsp3) is 0.423. The Labute approximate surface area is 217 Å². The predicted molar refractivity (Wildman–Crippen MR) is 137 cm³/mol. The van der Waals surface area contributed by atoms with Crippen LogP contribution in [0.1, 0.15) is 31.5 Å². The van der Waals surface area contributed by atoms with Crippen molar-refractivity contribution in [3.63, 3.8) is 0 Å². The normalized spacial score (nSPS) is 19.0. The molecule has 1 saturated carbocycles. The number of hydrogen-bond acceptors (Lipinski definition) is 7. The first-order valence-electron chi connectivity index (χ1n) is 12.5. The van der Waals surface area contributed by atoms with E-state index in [2.05, 4.69) is 20.7 Å². The minimum absolute atomic E-state index is 0.0661. The van der Waals surface area contributed by atoms with Gasteiger partial charge in [0, 0.05) is 50.2 Å². The standard InChI is InChI=1S/C26H30F3N7O2/c1-16-32-25-20(33-23-10-12-36(34-23)24-5-3-4-11-30-24)13-19(14-21(25)35(16)2)38-18-8-6-17(7-9-18)31-15-22(37)26(27,28)29/h3-5,10-14,17-18,22,31,37H,6-9,15H2,1-2H3,(H,33,34)/t17?,18?,22-/m1/s1. The van der Waals surface area contributed by atoms with Crippen molar-refractivity contribution in [1.82, 2.24) is 29.6 Å². The lowest BCUT2D eigenvalue weighted by Crippen LogP contribution is -2.44. The highest BCUT2D eigenvalue weighted by Crippen LogP contribution is 2.33. The van der Waals surface area contributed by atoms with E-state index in [1.807, 2.05) is 61.1 Å². The summed E-state index contributed by atoms with van der Waals surface area (Å²) in [6.45, 7) is 1.44. The fourth-order valence-corrected chi connectivity index (χ4v) is 4.66. The molecule has 0 amide bonds. The highest BCUT2D eigenvalue weighted by molar-refractivity contribution is 5.92. The minimum atomic E-state index is -4.61. The molecule has 0 aliphatic heterocycles. The number of pyridine rings is 1. The Bertz CT molecular complexity index is 1380. The number of anilines is 2. The molecule has 4 aromatic rings. The number of halogens is 3. The summed E-state index contributed by atoms with van der Waals surface area (Å²) in [5, 5.41) is 20.0. The molecular weight excluding hydrogens is 499 g/mol. The number of aryl methyl sites for hydroxylation is 2. The topological polar surface area (TPSA) is 102 Å². The number of nitrogens with one attached hydrogen (secondary N) is 2. The molecule has 1 aliphatic rings. The van der Waals surface area contributed by atoms with Gasteiger partial charge in [0.25, 0.3) is 0 Å². The summed E-state index contributed by atoms with van der Waals surface area (Å²) in [5.41, 5.74) is 2.45. The van der Waals surface area contributed by atoms with Crippen molar-refractivity contribution in [2.24, 2.45) is 7.05 Å². The second kappa shape index (κ2) is 10.6. The van der Waals surface area contributed by atoms with E-state index in [4.69, 9.17) is 9.72 Å². The molecule has 9 nitrogen and oxygen atoms in total. The zero-order valence-electron chi connectivity index (χ0n) is 21.1. The summed E-state index contributed by atoms with van der Waals surface area (Å²) in [6, 6.07) is 11.2. The Balaban J connectivity index is 1.28. The van der Waals surface area contributed by atoms with Gasteiger partial charge >= 0.3 is 6.18 Å². The number of fused-ring (bicyclic) bond motifs is 1. The molecule has 5 rings (SSSR count). The third-order valence-electron chi connectivity index (χ3n) is 6.87. The van der Waals surface area contributed by atoms with Crippen molar-refractivity contribution >= 4 is 22.5 Å². The molecule has 0 radical (unpaired) electrons. The molecule has 0 bridgehead atoms. The number of aliphatic hydroxyl groups is 1. The molecule has 3 N–H and O–H groups in total. The van der Waals surface area contributed by atoms with Gasteiger partial charge in [-0.3, -0.25) is 0 Å². The Morgan fingerprint density at radius 2 is 1.95 bits per heavy atom. The third kappa shape index (κ3) is 5.76. The van der Waals surface area contributed by atoms with E-state index in [9.17, 15) is 18.3 Å². The Kier molecular flexibility index (Phi) is 7.26. The number of hydrogen-bond donors (Lipinski definition) is 3. The number of imidazole rings is 1. The van der Waals surface area contributed by atoms with Gasteiger partial charge in [-0.15, -0.1) is 5.10 Å². The maximum atomic E-state index is 12.6. The summed E-state index contributed by atoms with van der Waals surface area (Å²) in [4.78, 5) is 9.03. The summed E-state index contributed by atoms with van der Waals surface area (Å²) in [6.07, 6.45) is -0.781. The number of nitrogens with zero attached hydrogens (tertiary/aromatic N) is 5. The van der Waals surface area contributed by atoms with Gasteiger partial charge in [-0.05, 0) is 44.7 Å². The Hall–Kier alpha value is -3.64. The molecule has 202 valence electrons. The number of alkyl halides is 3. The van der Waals surface area contributed by atoms with Gasteiger partial charge < -0.3 is 25.0 Å². The molecule has 0 spiro atoms. The second-order valence-corrected chi connectivity index (χ2v) is 9.57. The predicted octanol–water partition coefficient (Wildman–Crippen LogP) is 4.41. The molecule has 3 aromatic heterocycles. The molecule has 1 aromatic carbocycles. The van der Waals surface area contributed by atoms with Crippen LogP contribution in [0.4, 0.5) is 24.7 Å². The van der Waals surface area contributed by atoms with Gasteiger partial charge in [0.2, 0.25) is 0 Å². The highest BCUT2D eigenvalue weighted by Gasteiger charge is 2.38. The average molecular weight is 530 g/mol. The van der Waals surface area contributed by atoms with Gasteiger partial charge in [-0.2, -0.15) is 13.2 Å². The summed E-state index contributed by atoms with van der Waals surface area (Å²) >= 11 is 0. The number of rotatable bonds is 8. The van der Waals surface area contributed by atoms with E-state index >= 15 is 0 Å². The summed E-state index contributed by atoms with van der Waals surface area (Å²) in [7, 11) is 1.94. The number of aliphatic hydroxyl groups excluding tert-OH is 1. The number of aromatic nitrogens is 5. The fourth-order valence-electron chi connectivity index (χ4n) is 4.66. The largest absolute Gasteiger partial charge is 0.490 e. The van der Waals surface area contributed by atoms with Crippen LogP contribution < -0.4 is 15.4 Å². The molecule has 3 heterocycles. The Morgan fingerprint density at radius 1 is 1.16 bits per heavy atom. The van der Waals surface area contributed by atoms with Crippen LogP contribution in [0, 0.1) is 6.92 Å². The number of ether oxygens (including phenoxy) is 1. The lowest BCUT2D eigenvalue weighted by Gasteiger charge is -2.30. The Morgan fingerprint density at radius 3 is 2.66 bits per heavy atom. The molecular formula is C26H30F3N7O2. The van der Waals surface area contributed by atoms with Crippen LogP contribution in [0.15, 0.2) is 48.8 Å². The molecule has 12 heteroatoms. The molecule has 1 atom stereocenters. The molecule has 38 heavy (non-hydrogen) atoms. The van der Waals surface area contributed by atoms with Crippen LogP contribution >= 0.6 is 0 Å². The minimum Gasteiger partial charge on any atom is -0.490 e. The lowest BCUT2D eigenvalue weighted by atomic mass is 9.93. The first kappa shape index (κ1) is 26.0. The van der Waals surface area contributed by atoms with Crippen LogP contribution in [0.5, 0.6) is 5.75 Å². The van der Waals surface area contributed by atoms with E-state index < -0.39 is 18.8 Å². The van der Waals surface area contributed by atoms with Crippen LogP contribution in [0.25, 0.3) is 16.9 Å². The maximum Gasteiger partial charge on any atom is 0.415 e. The molecule has 0 unspecified atom stereocenters. The molecule has 1 aliphatic carbocycles. The maximum absolute atomic E-state index is 12.6. The van der Waals surface area contributed by atoms with Crippen LogP contribution in [-0.2, 0) is 7.05 Å². The first-order valence-corrected chi connectivity index (χ1v) is 12.5. The quantitative estimate of drug-likeness (QED) is 0.311. The van der Waals surface area contributed by atoms with Gasteiger partial charge in [0.1, 0.15) is 17.1 Å². The van der Waals surface area contributed by atoms with E-state index in [0.717, 1.165) is 22.5 Å².